The monoisotopic (exact) mass is 381 g/mol. The first kappa shape index (κ1) is 19.2. The molecule has 4 aromatic rings. The normalized spacial score (nSPS) is 11.1. The molecule has 0 amide bonds. The zero-order valence-corrected chi connectivity index (χ0v) is 16.7. The molecule has 4 rings (SSSR count). The van der Waals surface area contributed by atoms with E-state index in [1.807, 2.05) is 24.3 Å². The van der Waals surface area contributed by atoms with Crippen molar-refractivity contribution in [1.29, 1.82) is 5.26 Å². The summed E-state index contributed by atoms with van der Waals surface area (Å²) < 4.78 is 15.3. The van der Waals surface area contributed by atoms with Crippen LogP contribution in [0.3, 0.4) is 0 Å². The van der Waals surface area contributed by atoms with Crippen molar-refractivity contribution in [3.8, 4) is 17.2 Å². The van der Waals surface area contributed by atoms with E-state index in [1.54, 1.807) is 24.3 Å². The quantitative estimate of drug-likeness (QED) is 0.247. The van der Waals surface area contributed by atoms with Crippen LogP contribution < -0.4 is 0 Å². The molecule has 0 aliphatic heterocycles. The maximum absolute atomic E-state index is 15.3. The van der Waals surface area contributed by atoms with Crippen molar-refractivity contribution in [3.05, 3.63) is 83.7 Å². The third-order valence-electron chi connectivity index (χ3n) is 5.66. The van der Waals surface area contributed by atoms with Crippen LogP contribution in [-0.4, -0.2) is 0 Å². The second-order valence-electron chi connectivity index (χ2n) is 7.64. The van der Waals surface area contributed by atoms with E-state index in [0.29, 0.717) is 16.5 Å². The van der Waals surface area contributed by atoms with Gasteiger partial charge < -0.3 is 0 Å². The van der Waals surface area contributed by atoms with Gasteiger partial charge in [-0.2, -0.15) is 5.26 Å². The van der Waals surface area contributed by atoms with Gasteiger partial charge in [0.2, 0.25) is 0 Å². The summed E-state index contributed by atoms with van der Waals surface area (Å²) in [6.07, 6.45) is 6.13. The van der Waals surface area contributed by atoms with E-state index in [-0.39, 0.29) is 5.82 Å². The molecule has 0 atom stereocenters. The summed E-state index contributed by atoms with van der Waals surface area (Å²) in [7, 11) is 0. The molecule has 0 aromatic heterocycles. The van der Waals surface area contributed by atoms with Crippen LogP contribution >= 0.6 is 0 Å². The number of fused-ring (bicyclic) bond motifs is 3. The maximum Gasteiger partial charge on any atom is 0.138 e. The Kier molecular flexibility index (Phi) is 5.58. The first-order chi connectivity index (χ1) is 14.2. The zero-order chi connectivity index (χ0) is 20.2. The molecule has 1 nitrogen and oxygen atoms in total. The van der Waals surface area contributed by atoms with Gasteiger partial charge in [0.05, 0.1) is 11.6 Å². The van der Waals surface area contributed by atoms with Gasteiger partial charge >= 0.3 is 0 Å². The van der Waals surface area contributed by atoms with Crippen molar-refractivity contribution >= 4 is 21.5 Å². The lowest BCUT2D eigenvalue weighted by molar-refractivity contribution is 0.643. The average molecular weight is 381 g/mol. The van der Waals surface area contributed by atoms with Crippen molar-refractivity contribution in [2.24, 2.45) is 0 Å². The fraction of sp³-hybridized carbons (Fsp3) is 0.222. The van der Waals surface area contributed by atoms with Crippen LogP contribution in [0.5, 0.6) is 0 Å². The number of rotatable bonds is 6. The van der Waals surface area contributed by atoms with Crippen molar-refractivity contribution in [3.63, 3.8) is 0 Å². The number of unbranched alkanes of at least 4 members (excludes halogenated alkanes) is 3. The smallest absolute Gasteiger partial charge is 0.138 e. The first-order valence-corrected chi connectivity index (χ1v) is 10.4. The molecule has 0 aliphatic carbocycles. The SMILES string of the molecule is CCCCCCc1ccc2c(ccc3c(F)c(-c4ccc(C#N)cc4)ccc32)c1. The van der Waals surface area contributed by atoms with Gasteiger partial charge in [-0.15, -0.1) is 0 Å². The Hall–Kier alpha value is -3.18. The fourth-order valence-corrected chi connectivity index (χ4v) is 4.02. The topological polar surface area (TPSA) is 23.8 Å². The third-order valence-corrected chi connectivity index (χ3v) is 5.66. The molecule has 29 heavy (non-hydrogen) atoms. The Bertz CT molecular complexity index is 1200. The Balaban J connectivity index is 1.71. The van der Waals surface area contributed by atoms with Crippen molar-refractivity contribution in [1.82, 2.24) is 0 Å². The molecule has 0 N–H and O–H groups in total. The van der Waals surface area contributed by atoms with Gasteiger partial charge in [-0.05, 0) is 52.3 Å². The molecule has 0 bridgehead atoms. The van der Waals surface area contributed by atoms with E-state index in [0.717, 1.165) is 28.1 Å². The van der Waals surface area contributed by atoms with Gasteiger partial charge in [-0.3, -0.25) is 0 Å². The molecule has 0 heterocycles. The molecule has 0 spiro atoms. The molecule has 144 valence electrons. The lowest BCUT2D eigenvalue weighted by atomic mass is 9.95. The van der Waals surface area contributed by atoms with Crippen LogP contribution in [0.15, 0.2) is 66.7 Å². The number of hydrogen-bond acceptors (Lipinski definition) is 1. The first-order valence-electron chi connectivity index (χ1n) is 10.4. The average Bonchev–Trinajstić information content (AvgIpc) is 2.77. The highest BCUT2D eigenvalue weighted by molar-refractivity contribution is 6.08. The number of aryl methyl sites for hydroxylation is 1. The highest BCUT2D eigenvalue weighted by Gasteiger charge is 2.12. The minimum Gasteiger partial charge on any atom is -0.206 e. The number of nitriles is 1. The Morgan fingerprint density at radius 2 is 1.55 bits per heavy atom. The minimum absolute atomic E-state index is 0.210. The largest absolute Gasteiger partial charge is 0.206 e. The van der Waals surface area contributed by atoms with Crippen LogP contribution in [0.2, 0.25) is 0 Å². The Morgan fingerprint density at radius 3 is 2.31 bits per heavy atom. The highest BCUT2D eigenvalue weighted by atomic mass is 19.1. The molecule has 4 aromatic carbocycles. The lowest BCUT2D eigenvalue weighted by Crippen LogP contribution is -1.90. The summed E-state index contributed by atoms with van der Waals surface area (Å²) in [5.41, 5.74) is 3.27. The van der Waals surface area contributed by atoms with Crippen LogP contribution in [-0.2, 0) is 6.42 Å². The van der Waals surface area contributed by atoms with Crippen LogP contribution in [0, 0.1) is 17.1 Å². The Labute approximate surface area is 171 Å². The predicted octanol–water partition coefficient (Wildman–Crippen LogP) is 7.79. The summed E-state index contributed by atoms with van der Waals surface area (Å²) in [6, 6.07) is 23.5. The molecular formula is C27H24FN. The number of benzene rings is 4. The van der Waals surface area contributed by atoms with E-state index < -0.39 is 0 Å². The summed E-state index contributed by atoms with van der Waals surface area (Å²) >= 11 is 0. The van der Waals surface area contributed by atoms with Crippen molar-refractivity contribution < 1.29 is 4.39 Å². The van der Waals surface area contributed by atoms with Gasteiger partial charge in [-0.25, -0.2) is 4.39 Å². The summed E-state index contributed by atoms with van der Waals surface area (Å²) in [6.45, 7) is 2.23. The highest BCUT2D eigenvalue weighted by Crippen LogP contribution is 2.33. The summed E-state index contributed by atoms with van der Waals surface area (Å²) in [4.78, 5) is 0. The van der Waals surface area contributed by atoms with E-state index >= 15 is 4.39 Å². The molecule has 0 fully saturated rings. The van der Waals surface area contributed by atoms with Gasteiger partial charge in [0.15, 0.2) is 0 Å². The number of hydrogen-bond donors (Lipinski definition) is 0. The second kappa shape index (κ2) is 8.45. The maximum atomic E-state index is 15.3. The lowest BCUT2D eigenvalue weighted by Gasteiger charge is -2.11. The van der Waals surface area contributed by atoms with Crippen molar-refractivity contribution in [2.45, 2.75) is 39.0 Å². The van der Waals surface area contributed by atoms with E-state index in [1.165, 1.54) is 31.2 Å². The van der Waals surface area contributed by atoms with Gasteiger partial charge in [-0.1, -0.05) is 80.8 Å². The van der Waals surface area contributed by atoms with E-state index in [9.17, 15) is 0 Å². The number of nitrogens with zero attached hydrogens (tertiary/aromatic N) is 1. The molecule has 0 unspecified atom stereocenters. The molecule has 0 aliphatic rings. The van der Waals surface area contributed by atoms with E-state index in [4.69, 9.17) is 5.26 Å². The zero-order valence-electron chi connectivity index (χ0n) is 16.7. The molecule has 0 saturated carbocycles. The van der Waals surface area contributed by atoms with E-state index in [2.05, 4.69) is 31.2 Å². The summed E-state index contributed by atoms with van der Waals surface area (Å²) in [5.74, 6) is -0.210. The summed E-state index contributed by atoms with van der Waals surface area (Å²) in [5, 5.41) is 12.8. The molecule has 2 heteroatoms. The Morgan fingerprint density at radius 1 is 0.793 bits per heavy atom. The molecule has 0 saturated heterocycles. The van der Waals surface area contributed by atoms with Crippen LogP contribution in [0.25, 0.3) is 32.7 Å². The van der Waals surface area contributed by atoms with Gasteiger partial charge in [0.1, 0.15) is 5.82 Å². The van der Waals surface area contributed by atoms with Gasteiger partial charge in [0, 0.05) is 10.9 Å². The second-order valence-corrected chi connectivity index (χ2v) is 7.64. The van der Waals surface area contributed by atoms with Gasteiger partial charge in [0.25, 0.3) is 0 Å². The molecule has 0 radical (unpaired) electrons. The third kappa shape index (κ3) is 3.87. The molecular weight excluding hydrogens is 357 g/mol. The standard InChI is InChI=1S/C27H24FN/c1-2-3-4-5-6-19-9-13-23-22(17-19)12-14-26-25(23)16-15-24(27(26)28)21-10-7-20(18-29)8-11-21/h7-17H,2-6H2,1H3. The van der Waals surface area contributed by atoms with Crippen LogP contribution in [0.4, 0.5) is 4.39 Å². The minimum atomic E-state index is -0.210. The van der Waals surface area contributed by atoms with Crippen molar-refractivity contribution in [2.75, 3.05) is 0 Å². The number of halogens is 1. The predicted molar refractivity (Wildman–Crippen MR) is 119 cm³/mol. The van der Waals surface area contributed by atoms with Crippen LogP contribution in [0.1, 0.15) is 43.7 Å². The fourth-order valence-electron chi connectivity index (χ4n) is 4.02.